The molecule has 1 fully saturated rings. The summed E-state index contributed by atoms with van der Waals surface area (Å²) in [5, 5.41) is 11.4. The monoisotopic (exact) mass is 390 g/mol. The number of hydrogen-bond donors (Lipinski definition) is 3. The molecule has 1 aliphatic heterocycles. The number of carboxylic acid groups (broad SMARTS) is 1. The van der Waals surface area contributed by atoms with E-state index in [1.54, 1.807) is 17.8 Å². The van der Waals surface area contributed by atoms with Crippen molar-refractivity contribution >= 4 is 23.6 Å². The van der Waals surface area contributed by atoms with Crippen LogP contribution in [0.5, 0.6) is 5.75 Å². The molecule has 1 amide bonds. The van der Waals surface area contributed by atoms with E-state index in [4.69, 9.17) is 9.84 Å². The fraction of sp³-hybridized carbons (Fsp3) is 0.300. The molecular formula is C20H26N2O4S. The summed E-state index contributed by atoms with van der Waals surface area (Å²) in [4.78, 5) is 21.0. The molecule has 2 aromatic carbocycles. The third-order valence-corrected chi connectivity index (χ3v) is 4.39. The van der Waals surface area contributed by atoms with Gasteiger partial charge in [0.1, 0.15) is 5.75 Å². The van der Waals surface area contributed by atoms with Gasteiger partial charge in [0.05, 0.1) is 5.75 Å². The molecule has 4 N–H and O–H groups in total. The zero-order valence-electron chi connectivity index (χ0n) is 15.4. The Kier molecular flexibility index (Phi) is 11.4. The first-order valence-electron chi connectivity index (χ1n) is 8.58. The summed E-state index contributed by atoms with van der Waals surface area (Å²) in [5.74, 6) is 1.57. The number of hydrogen-bond acceptors (Lipinski definition) is 5. The van der Waals surface area contributed by atoms with Gasteiger partial charge in [0, 0.05) is 12.1 Å². The minimum Gasteiger partial charge on any atom is -0.481 e. The predicted octanol–water partition coefficient (Wildman–Crippen LogP) is 2.63. The van der Waals surface area contributed by atoms with Gasteiger partial charge in [-0.25, -0.2) is 4.79 Å². The summed E-state index contributed by atoms with van der Waals surface area (Å²) in [6.07, 6.45) is 1.12. The third-order valence-electron chi connectivity index (χ3n) is 3.34. The lowest BCUT2D eigenvalue weighted by Crippen LogP contribution is -2.23. The number of aliphatic carboxylic acids is 1. The average molecular weight is 391 g/mol. The fourth-order valence-electron chi connectivity index (χ4n) is 2.21. The molecule has 0 unspecified atom stereocenters. The second kappa shape index (κ2) is 13.7. The Morgan fingerprint density at radius 1 is 1.15 bits per heavy atom. The number of carboxylic acids is 1. The van der Waals surface area contributed by atoms with Gasteiger partial charge in [-0.1, -0.05) is 48.5 Å². The molecule has 1 heterocycles. The predicted molar refractivity (Wildman–Crippen MR) is 110 cm³/mol. The molecule has 0 saturated carbocycles. The highest BCUT2D eigenvalue weighted by Gasteiger charge is 2.06. The number of nitrogens with two attached hydrogens (primary N) is 1. The van der Waals surface area contributed by atoms with Crippen LogP contribution in [-0.2, 0) is 9.59 Å². The molecule has 27 heavy (non-hydrogen) atoms. The number of amides is 1. The first kappa shape index (κ1) is 22.5. The molecule has 6 nitrogen and oxygen atoms in total. The van der Waals surface area contributed by atoms with Crippen LogP contribution in [0.4, 0.5) is 0 Å². The first-order chi connectivity index (χ1) is 13.2. The Morgan fingerprint density at radius 2 is 1.81 bits per heavy atom. The van der Waals surface area contributed by atoms with Crippen molar-refractivity contribution < 1.29 is 19.4 Å². The van der Waals surface area contributed by atoms with E-state index in [2.05, 4.69) is 11.1 Å². The second-order valence-corrected chi connectivity index (χ2v) is 6.41. The van der Waals surface area contributed by atoms with Crippen molar-refractivity contribution in [2.45, 2.75) is 6.42 Å². The van der Waals surface area contributed by atoms with Crippen molar-refractivity contribution in [3.05, 3.63) is 54.6 Å². The molecule has 0 bridgehead atoms. The van der Waals surface area contributed by atoms with Gasteiger partial charge in [-0.3, -0.25) is 4.79 Å². The van der Waals surface area contributed by atoms with Crippen LogP contribution < -0.4 is 15.8 Å². The number of carbonyl (C=O) groups is 2. The highest BCUT2D eigenvalue weighted by Crippen LogP contribution is 2.29. The van der Waals surface area contributed by atoms with E-state index < -0.39 is 5.97 Å². The first-order valence-corrected chi connectivity index (χ1v) is 9.73. The maximum Gasteiger partial charge on any atom is 0.341 e. The van der Waals surface area contributed by atoms with Crippen LogP contribution in [0.3, 0.4) is 0 Å². The lowest BCUT2D eigenvalue weighted by Gasteiger charge is -2.09. The van der Waals surface area contributed by atoms with Gasteiger partial charge in [0.25, 0.3) is 0 Å². The number of nitrogens with one attached hydrogen (secondary N) is 1. The largest absolute Gasteiger partial charge is 0.481 e. The van der Waals surface area contributed by atoms with E-state index in [-0.39, 0.29) is 12.5 Å². The van der Waals surface area contributed by atoms with Gasteiger partial charge < -0.3 is 20.9 Å². The van der Waals surface area contributed by atoms with Gasteiger partial charge in [-0.15, -0.1) is 0 Å². The fourth-order valence-corrected chi connectivity index (χ4v) is 2.99. The lowest BCUT2D eigenvalue weighted by molar-refractivity contribution is -0.139. The highest BCUT2D eigenvalue weighted by molar-refractivity contribution is 7.99. The van der Waals surface area contributed by atoms with Crippen molar-refractivity contribution in [3.8, 4) is 16.9 Å². The molecule has 0 aromatic heterocycles. The number of ether oxygens (including phenoxy) is 1. The summed E-state index contributed by atoms with van der Waals surface area (Å²) < 4.78 is 5.25. The molecule has 7 heteroatoms. The van der Waals surface area contributed by atoms with Crippen molar-refractivity contribution in [1.29, 1.82) is 0 Å². The zero-order chi connectivity index (χ0) is 19.9. The maximum atomic E-state index is 10.6. The van der Waals surface area contributed by atoms with E-state index in [0.717, 1.165) is 29.8 Å². The third kappa shape index (κ3) is 9.12. The Labute approximate surface area is 164 Å². The van der Waals surface area contributed by atoms with Crippen molar-refractivity contribution in [2.75, 3.05) is 31.7 Å². The van der Waals surface area contributed by atoms with Crippen LogP contribution in [-0.4, -0.2) is 48.7 Å². The van der Waals surface area contributed by atoms with Crippen LogP contribution in [0.25, 0.3) is 11.1 Å². The van der Waals surface area contributed by atoms with Crippen molar-refractivity contribution in [1.82, 2.24) is 5.32 Å². The van der Waals surface area contributed by atoms with Gasteiger partial charge in [0.15, 0.2) is 6.61 Å². The van der Waals surface area contributed by atoms with Gasteiger partial charge in [-0.05, 0) is 30.9 Å². The molecule has 0 atom stereocenters. The number of benzene rings is 2. The van der Waals surface area contributed by atoms with Crippen LogP contribution >= 0.6 is 11.8 Å². The molecule has 2 aromatic rings. The van der Waals surface area contributed by atoms with Gasteiger partial charge in [0.2, 0.25) is 5.91 Å². The summed E-state index contributed by atoms with van der Waals surface area (Å²) >= 11 is 1.71. The van der Waals surface area contributed by atoms with Crippen LogP contribution in [0, 0.1) is 0 Å². The number of para-hydroxylation sites is 1. The second-order valence-electron chi connectivity index (χ2n) is 5.30. The van der Waals surface area contributed by atoms with Gasteiger partial charge in [-0.2, -0.15) is 11.8 Å². The molecule has 3 rings (SSSR count). The molecule has 0 radical (unpaired) electrons. The number of carbonyl (C=O) groups excluding carboxylic acids is 1. The topological polar surface area (TPSA) is 102 Å². The van der Waals surface area contributed by atoms with Gasteiger partial charge >= 0.3 is 5.97 Å². The molecule has 1 aliphatic rings. The lowest BCUT2D eigenvalue weighted by atomic mass is 10.1. The Bertz CT molecular complexity index is 685. The smallest absolute Gasteiger partial charge is 0.341 e. The molecule has 0 spiro atoms. The van der Waals surface area contributed by atoms with Crippen LogP contribution in [0.2, 0.25) is 0 Å². The maximum absolute atomic E-state index is 10.6. The van der Waals surface area contributed by atoms with Crippen LogP contribution in [0.1, 0.15) is 6.42 Å². The normalized spacial score (nSPS) is 12.9. The summed E-state index contributed by atoms with van der Waals surface area (Å²) in [5.41, 5.74) is 6.41. The minimum absolute atomic E-state index is 0.188. The summed E-state index contributed by atoms with van der Waals surface area (Å²) in [6.45, 7) is 0.537. The summed E-state index contributed by atoms with van der Waals surface area (Å²) in [7, 11) is 1.50. The Balaban J connectivity index is 0.000000305. The minimum atomic E-state index is -0.979. The van der Waals surface area contributed by atoms with E-state index in [1.165, 1.54) is 7.05 Å². The molecule has 1 saturated heterocycles. The quantitative estimate of drug-likeness (QED) is 0.742. The number of rotatable bonds is 4. The molecular weight excluding hydrogens is 364 g/mol. The average Bonchev–Trinajstić information content (AvgIpc) is 2.97. The Morgan fingerprint density at radius 3 is 2.52 bits per heavy atom. The summed E-state index contributed by atoms with van der Waals surface area (Å²) in [6, 6.07) is 17.1. The molecule has 0 aliphatic carbocycles. The van der Waals surface area contributed by atoms with E-state index in [1.807, 2.05) is 48.5 Å². The van der Waals surface area contributed by atoms with Crippen molar-refractivity contribution in [3.63, 3.8) is 0 Å². The van der Waals surface area contributed by atoms with Crippen LogP contribution in [0.15, 0.2) is 54.6 Å². The van der Waals surface area contributed by atoms with E-state index >= 15 is 0 Å². The SMILES string of the molecule is CN.O=C(O)COc1ccccc1-c1ccccc1.O=C1CSCCCN1. The number of thioether (sulfide) groups is 1. The Hall–Kier alpha value is -2.51. The standard InChI is InChI=1S/C14H12O3.C5H9NOS.CH5N/c15-14(16)10-17-13-9-5-4-8-12(13)11-6-2-1-3-7-11;7-5-4-8-3-1-2-6-5;1-2/h1-9H,10H2,(H,15,16);1-4H2,(H,6,7);2H2,1H3. The van der Waals surface area contributed by atoms with E-state index in [0.29, 0.717) is 11.5 Å². The van der Waals surface area contributed by atoms with E-state index in [9.17, 15) is 9.59 Å². The highest BCUT2D eigenvalue weighted by atomic mass is 32.2. The van der Waals surface area contributed by atoms with Crippen molar-refractivity contribution in [2.24, 2.45) is 5.73 Å². The molecule has 146 valence electrons. The zero-order valence-corrected chi connectivity index (χ0v) is 16.2.